The van der Waals surface area contributed by atoms with Gasteiger partial charge in [0.05, 0.1) is 52.6 Å². The fourth-order valence-electron chi connectivity index (χ4n) is 7.02. The van der Waals surface area contributed by atoms with Crippen LogP contribution in [-0.4, -0.2) is 94.8 Å². The Morgan fingerprint density at radius 3 is 1.63 bits per heavy atom. The zero-order chi connectivity index (χ0) is 52.1. The molecule has 1 amide bonds. The van der Waals surface area contributed by atoms with Crippen LogP contribution in [0.3, 0.4) is 0 Å². The molecule has 0 radical (unpaired) electrons. The molecule has 18 nitrogen and oxygen atoms in total. The van der Waals surface area contributed by atoms with Crippen molar-refractivity contribution in [2.75, 3.05) is 19.5 Å². The fraction of sp³-hybridized carbons (Fsp3) is 0.0800. The fourth-order valence-corrected chi connectivity index (χ4v) is 9.17. The van der Waals surface area contributed by atoms with Gasteiger partial charge in [-0.25, -0.2) is 0 Å². The molecule has 0 aliphatic heterocycles. The number of benzene rings is 8. The van der Waals surface area contributed by atoms with Crippen LogP contribution in [0.5, 0.6) is 23.0 Å². The molecule has 0 heterocycles. The summed E-state index contributed by atoms with van der Waals surface area (Å²) in [7, 11) is -6.22. The number of carbonyl (C=O) groups is 1. The molecule has 0 fully saturated rings. The number of hydrogen-bond acceptors (Lipinski definition) is 15. The number of nitrogens with one attached hydrogen (secondary N) is 1. The predicted molar refractivity (Wildman–Crippen MR) is 275 cm³/mol. The summed E-state index contributed by atoms with van der Waals surface area (Å²) in [5.41, 5.74) is 1.49. The van der Waals surface area contributed by atoms with E-state index in [0.717, 1.165) is 12.1 Å². The minimum atomic E-state index is -4.61. The van der Waals surface area contributed by atoms with Gasteiger partial charge in [0.2, 0.25) is 0 Å². The summed E-state index contributed by atoms with van der Waals surface area (Å²) >= 11 is 11.9. The SMILES string of the molecule is COc1cccc(N=C([O-])c2cc3ccccc3c(N=Nc3cc(S(=O)(=O)O)c(Cl)cc3C)c2[O-])c1.COc1cccc(NC(=O)c2cc3ccccc3c(N=Nc3cc(S(=O)(=O)O)c(Cl)cc3C)c2O)c1.[Ca+2]. The number of azo groups is 2. The summed E-state index contributed by atoms with van der Waals surface area (Å²) in [5, 5.41) is 58.1. The monoisotopic (exact) mass is 1090 g/mol. The Kier molecular flexibility index (Phi) is 17.8. The predicted octanol–water partition coefficient (Wildman–Crippen LogP) is 11.0. The summed E-state index contributed by atoms with van der Waals surface area (Å²) in [6.07, 6.45) is 0. The third kappa shape index (κ3) is 13.1. The molecule has 4 N–H and O–H groups in total. The van der Waals surface area contributed by atoms with Gasteiger partial charge < -0.3 is 30.1 Å². The Morgan fingerprint density at radius 2 is 1.10 bits per heavy atom. The summed E-state index contributed by atoms with van der Waals surface area (Å²) in [6, 6.07) is 34.8. The van der Waals surface area contributed by atoms with E-state index in [2.05, 4.69) is 30.8 Å². The van der Waals surface area contributed by atoms with Crippen molar-refractivity contribution in [2.45, 2.75) is 23.6 Å². The normalized spacial score (nSPS) is 11.9. The molecule has 8 aromatic rings. The van der Waals surface area contributed by atoms with Gasteiger partial charge in [-0.05, 0) is 108 Å². The van der Waals surface area contributed by atoms with Crippen molar-refractivity contribution in [2.24, 2.45) is 25.4 Å². The van der Waals surface area contributed by atoms with Crippen LogP contribution < -0.4 is 25.0 Å². The van der Waals surface area contributed by atoms with Crippen molar-refractivity contribution in [3.63, 3.8) is 0 Å². The van der Waals surface area contributed by atoms with E-state index in [9.17, 15) is 46.1 Å². The van der Waals surface area contributed by atoms with Crippen molar-refractivity contribution in [3.8, 4) is 23.0 Å². The number of anilines is 1. The van der Waals surface area contributed by atoms with Crippen LogP contribution in [0.25, 0.3) is 21.5 Å². The van der Waals surface area contributed by atoms with Crippen molar-refractivity contribution in [1.82, 2.24) is 0 Å². The van der Waals surface area contributed by atoms with E-state index in [4.69, 9.17) is 32.7 Å². The van der Waals surface area contributed by atoms with E-state index in [1.54, 1.807) is 111 Å². The zero-order valence-electron chi connectivity index (χ0n) is 38.7. The zero-order valence-corrected chi connectivity index (χ0v) is 44.1. The van der Waals surface area contributed by atoms with E-state index in [1.165, 1.54) is 38.5 Å². The average molecular weight is 1090 g/mol. The van der Waals surface area contributed by atoms with Crippen molar-refractivity contribution < 1.29 is 55.5 Å². The molecule has 23 heteroatoms. The van der Waals surface area contributed by atoms with E-state index in [1.807, 2.05) is 0 Å². The van der Waals surface area contributed by atoms with Crippen LogP contribution in [0.15, 0.2) is 169 Å². The van der Waals surface area contributed by atoms with E-state index in [-0.39, 0.29) is 81.7 Å². The Hall–Kier alpha value is -6.72. The van der Waals surface area contributed by atoms with Crippen molar-refractivity contribution in [1.29, 1.82) is 0 Å². The number of halogens is 2. The Bertz CT molecular complexity index is 3790. The number of phenolic OH excluding ortho intramolecular Hbond substituents is 1. The molecule has 368 valence electrons. The number of nitrogens with zero attached hydrogens (tertiary/aromatic N) is 5. The third-order valence-corrected chi connectivity index (χ3v) is 13.3. The molecule has 8 rings (SSSR count). The number of methoxy groups -OCH3 is 2. The van der Waals surface area contributed by atoms with Gasteiger partial charge in [0.1, 0.15) is 27.0 Å². The van der Waals surface area contributed by atoms with Crippen LogP contribution in [0.1, 0.15) is 27.0 Å². The molecule has 0 spiro atoms. The molecule has 0 saturated carbocycles. The molecule has 0 aromatic heterocycles. The first kappa shape index (κ1) is 55.6. The van der Waals surface area contributed by atoms with E-state index in [0.29, 0.717) is 55.5 Å². The maximum Gasteiger partial charge on any atom is 2.00 e. The Labute approximate surface area is 457 Å². The first-order valence-corrected chi connectivity index (χ1v) is 24.5. The third-order valence-electron chi connectivity index (χ3n) is 10.6. The Morgan fingerprint density at radius 1 is 0.616 bits per heavy atom. The molecule has 0 bridgehead atoms. The molecule has 0 atom stereocenters. The molecule has 8 aromatic carbocycles. The van der Waals surface area contributed by atoms with Gasteiger partial charge in [-0.1, -0.05) is 89.6 Å². The minimum Gasteiger partial charge on any atom is -0.871 e. The molecule has 0 unspecified atom stereocenters. The standard InChI is InChI=1S/2C25H20ClN3O6S.Ca/c2*1-14-10-20(26)22(36(32,33)34)13-21(14)28-29-23-18-9-4-3-6-15(18)11-19(24(23)30)25(31)27-16-7-5-8-17(12-16)35-2;/h2*3-13,30H,1-2H3,(H,27,31)(H,32,33,34);/q;;+2/p-2. The average Bonchev–Trinajstić information content (AvgIpc) is 3.33. The van der Waals surface area contributed by atoms with Crippen LogP contribution in [0, 0.1) is 13.8 Å². The van der Waals surface area contributed by atoms with E-state index < -0.39 is 53.3 Å². The Balaban J connectivity index is 0.000000235. The van der Waals surface area contributed by atoms with Crippen LogP contribution in [0.4, 0.5) is 34.1 Å². The van der Waals surface area contributed by atoms with Gasteiger partial charge in [-0.15, -0.1) is 5.11 Å². The van der Waals surface area contributed by atoms with Crippen molar-refractivity contribution >= 4 is 149 Å². The molecule has 0 aliphatic rings. The number of carbonyl (C=O) groups excluding carboxylic acids is 1. The van der Waals surface area contributed by atoms with Gasteiger partial charge >= 0.3 is 37.7 Å². The minimum absolute atomic E-state index is 0. The smallest absolute Gasteiger partial charge is 0.871 e. The first-order valence-electron chi connectivity index (χ1n) is 20.9. The largest absolute Gasteiger partial charge is 2.00 e. The number of aryl methyl sites for hydroxylation is 2. The van der Waals surface area contributed by atoms with Gasteiger partial charge in [-0.3, -0.25) is 18.9 Å². The summed E-state index contributed by atoms with van der Waals surface area (Å²) in [4.78, 5) is 16.0. The van der Waals surface area contributed by atoms with Gasteiger partial charge in [-0.2, -0.15) is 32.2 Å². The quantitative estimate of drug-likeness (QED) is 0.0292. The number of ether oxygens (including phenoxy) is 2. The molecule has 73 heavy (non-hydrogen) atoms. The second-order valence-corrected chi connectivity index (χ2v) is 19.1. The van der Waals surface area contributed by atoms with Crippen LogP contribution in [-0.2, 0) is 20.2 Å². The maximum absolute atomic E-state index is 13.3. The van der Waals surface area contributed by atoms with E-state index >= 15 is 0 Å². The van der Waals surface area contributed by atoms with Crippen molar-refractivity contribution in [3.05, 3.63) is 166 Å². The summed E-state index contributed by atoms with van der Waals surface area (Å²) in [5.74, 6) is -1.42. The second-order valence-electron chi connectivity index (χ2n) is 15.5. The molecular formula is C50H38CaCl2N6O12S2. The van der Waals surface area contributed by atoms with Crippen LogP contribution in [0.2, 0.25) is 10.0 Å². The van der Waals surface area contributed by atoms with Gasteiger partial charge in [0.25, 0.3) is 26.1 Å². The first-order chi connectivity index (χ1) is 34.2. The second kappa shape index (κ2) is 23.4. The molecular weight excluding hydrogens is 1050 g/mol. The number of aromatic hydroxyl groups is 1. The number of fused-ring (bicyclic) bond motifs is 2. The number of rotatable bonds is 12. The number of amides is 1. The number of phenols is 1. The summed E-state index contributed by atoms with van der Waals surface area (Å²) < 4.78 is 75.7. The molecule has 0 saturated heterocycles. The summed E-state index contributed by atoms with van der Waals surface area (Å²) in [6.45, 7) is 3.24. The van der Waals surface area contributed by atoms with Crippen LogP contribution >= 0.6 is 23.2 Å². The van der Waals surface area contributed by atoms with Gasteiger partial charge in [0.15, 0.2) is 5.75 Å². The molecule has 0 aliphatic carbocycles. The number of aliphatic imine (C=N–C) groups is 1. The number of hydrogen-bond donors (Lipinski definition) is 4. The maximum atomic E-state index is 13.3. The van der Waals surface area contributed by atoms with Gasteiger partial charge in [0, 0.05) is 28.6 Å². The topological polar surface area (TPSA) is 284 Å².